The third kappa shape index (κ3) is 5.66. The van der Waals surface area contributed by atoms with Crippen LogP contribution in [-0.4, -0.2) is 39.7 Å². The summed E-state index contributed by atoms with van der Waals surface area (Å²) in [6, 6.07) is 10.5. The lowest BCUT2D eigenvalue weighted by Gasteiger charge is -2.25. The van der Waals surface area contributed by atoms with Crippen LogP contribution in [0.1, 0.15) is 42.7 Å². The number of thiocarbonyl (C=S) groups is 1. The van der Waals surface area contributed by atoms with Crippen LogP contribution in [0.25, 0.3) is 0 Å². The Labute approximate surface area is 206 Å². The first-order valence-corrected chi connectivity index (χ1v) is 12.9. The molecule has 0 bridgehead atoms. The van der Waals surface area contributed by atoms with E-state index in [1.807, 2.05) is 31.2 Å². The SMILES string of the molecule is CC(=O)N1CCc2c(sc(NC(=O)[C@H](C)Sc3ccccc3NC(=S)NC3CC3)c2C#N)C1. The Morgan fingerprint density at radius 1 is 1.30 bits per heavy atom. The highest BCUT2D eigenvalue weighted by atomic mass is 32.2. The van der Waals surface area contributed by atoms with Crippen LogP contribution >= 0.6 is 35.3 Å². The van der Waals surface area contributed by atoms with Crippen molar-refractivity contribution in [1.29, 1.82) is 5.26 Å². The molecule has 1 aromatic carbocycles. The number of nitrogens with zero attached hydrogens (tertiary/aromatic N) is 2. The van der Waals surface area contributed by atoms with E-state index in [2.05, 4.69) is 22.0 Å². The number of hydrogen-bond acceptors (Lipinski definition) is 6. The number of benzene rings is 1. The van der Waals surface area contributed by atoms with Gasteiger partial charge in [0, 0.05) is 29.3 Å². The first-order chi connectivity index (χ1) is 15.9. The minimum Gasteiger partial charge on any atom is -0.360 e. The number of anilines is 2. The number of thioether (sulfide) groups is 1. The fourth-order valence-electron chi connectivity index (χ4n) is 3.58. The van der Waals surface area contributed by atoms with Crippen LogP contribution < -0.4 is 16.0 Å². The third-order valence-electron chi connectivity index (χ3n) is 5.57. The summed E-state index contributed by atoms with van der Waals surface area (Å²) in [4.78, 5) is 28.4. The van der Waals surface area contributed by atoms with E-state index < -0.39 is 5.25 Å². The first kappa shape index (κ1) is 23.5. The summed E-state index contributed by atoms with van der Waals surface area (Å²) in [6.45, 7) is 4.47. The highest BCUT2D eigenvalue weighted by Crippen LogP contribution is 2.38. The zero-order valence-corrected chi connectivity index (χ0v) is 20.9. The summed E-state index contributed by atoms with van der Waals surface area (Å²) in [7, 11) is 0. The summed E-state index contributed by atoms with van der Waals surface area (Å²) < 4.78 is 0. The lowest BCUT2D eigenvalue weighted by molar-refractivity contribution is -0.129. The Hall–Kier alpha value is -2.61. The van der Waals surface area contributed by atoms with Gasteiger partial charge in [0.15, 0.2) is 5.11 Å². The standard InChI is InChI=1S/C23H25N5O2S3/c1-13(32-19-6-4-3-5-18(19)26-23(31)25-15-7-8-15)21(30)27-22-17(11-24)16-9-10-28(14(2)29)12-20(16)33-22/h3-6,13,15H,7-10,12H2,1-2H3,(H,27,30)(H2,25,26,31)/t13-/m0/s1. The van der Waals surface area contributed by atoms with Crippen LogP contribution in [0, 0.1) is 11.3 Å². The molecule has 1 aliphatic heterocycles. The maximum atomic E-state index is 13.0. The van der Waals surface area contributed by atoms with Crippen molar-refractivity contribution in [2.45, 2.75) is 55.8 Å². The van der Waals surface area contributed by atoms with Crippen molar-refractivity contribution >= 4 is 62.9 Å². The molecule has 7 nitrogen and oxygen atoms in total. The fraction of sp³-hybridized carbons (Fsp3) is 0.391. The highest BCUT2D eigenvalue weighted by Gasteiger charge is 2.27. The molecule has 2 aliphatic rings. The normalized spacial score (nSPS) is 15.7. The van der Waals surface area contributed by atoms with Gasteiger partial charge in [-0.15, -0.1) is 23.1 Å². The van der Waals surface area contributed by atoms with E-state index in [-0.39, 0.29) is 11.8 Å². The molecule has 2 aromatic rings. The number of thiophene rings is 1. The van der Waals surface area contributed by atoms with Crippen molar-refractivity contribution in [2.75, 3.05) is 17.2 Å². The molecule has 10 heteroatoms. The maximum absolute atomic E-state index is 13.0. The van der Waals surface area contributed by atoms with Gasteiger partial charge in [0.2, 0.25) is 11.8 Å². The van der Waals surface area contributed by atoms with E-state index >= 15 is 0 Å². The smallest absolute Gasteiger partial charge is 0.238 e. The van der Waals surface area contributed by atoms with Crippen LogP contribution in [0.5, 0.6) is 0 Å². The number of hydrogen-bond donors (Lipinski definition) is 3. The van der Waals surface area contributed by atoms with E-state index in [1.54, 1.807) is 11.8 Å². The van der Waals surface area contributed by atoms with Gasteiger partial charge >= 0.3 is 0 Å². The molecule has 0 saturated heterocycles. The molecule has 0 spiro atoms. The maximum Gasteiger partial charge on any atom is 0.238 e. The number of rotatable bonds is 6. The molecule has 172 valence electrons. The molecule has 1 aliphatic carbocycles. The van der Waals surface area contributed by atoms with Crippen molar-refractivity contribution in [3.8, 4) is 6.07 Å². The largest absolute Gasteiger partial charge is 0.360 e. The highest BCUT2D eigenvalue weighted by molar-refractivity contribution is 8.00. The summed E-state index contributed by atoms with van der Waals surface area (Å²) in [5.74, 6) is -0.158. The quantitative estimate of drug-likeness (QED) is 0.407. The molecule has 1 saturated carbocycles. The van der Waals surface area contributed by atoms with Gasteiger partial charge in [0.05, 0.1) is 23.0 Å². The Kier molecular flexibility index (Phi) is 7.22. The van der Waals surface area contributed by atoms with Crippen LogP contribution in [-0.2, 0) is 22.6 Å². The van der Waals surface area contributed by atoms with Crippen molar-refractivity contribution in [2.24, 2.45) is 0 Å². The lowest BCUT2D eigenvalue weighted by atomic mass is 10.0. The van der Waals surface area contributed by atoms with Crippen molar-refractivity contribution < 1.29 is 9.59 Å². The molecule has 2 amide bonds. The molecule has 33 heavy (non-hydrogen) atoms. The molecule has 0 radical (unpaired) electrons. The predicted octanol–water partition coefficient (Wildman–Crippen LogP) is 4.09. The van der Waals surface area contributed by atoms with Gasteiger partial charge in [0.25, 0.3) is 0 Å². The van der Waals surface area contributed by atoms with Crippen LogP contribution in [0.15, 0.2) is 29.2 Å². The summed E-state index contributed by atoms with van der Waals surface area (Å²) >= 11 is 8.21. The second-order valence-electron chi connectivity index (χ2n) is 8.13. The van der Waals surface area contributed by atoms with Gasteiger partial charge < -0.3 is 20.9 Å². The summed E-state index contributed by atoms with van der Waals surface area (Å²) in [5, 5.41) is 19.9. The number of fused-ring (bicyclic) bond motifs is 1. The third-order valence-corrected chi connectivity index (χ3v) is 8.10. The van der Waals surface area contributed by atoms with E-state index in [4.69, 9.17) is 12.2 Å². The zero-order valence-electron chi connectivity index (χ0n) is 18.4. The monoisotopic (exact) mass is 499 g/mol. The molecule has 2 heterocycles. The average molecular weight is 500 g/mol. The van der Waals surface area contributed by atoms with Gasteiger partial charge in [-0.2, -0.15) is 5.26 Å². The van der Waals surface area contributed by atoms with Gasteiger partial charge in [-0.25, -0.2) is 0 Å². The Morgan fingerprint density at radius 3 is 2.76 bits per heavy atom. The van der Waals surface area contributed by atoms with E-state index in [9.17, 15) is 14.9 Å². The fourth-order valence-corrected chi connectivity index (χ4v) is 6.02. The molecule has 1 atom stereocenters. The second kappa shape index (κ2) is 10.1. The van der Waals surface area contributed by atoms with E-state index in [0.29, 0.717) is 41.2 Å². The molecular formula is C23H25N5O2S3. The molecule has 4 rings (SSSR count). The Morgan fingerprint density at radius 2 is 2.06 bits per heavy atom. The molecular weight excluding hydrogens is 474 g/mol. The van der Waals surface area contributed by atoms with E-state index in [1.165, 1.54) is 23.1 Å². The van der Waals surface area contributed by atoms with Gasteiger partial charge in [0.1, 0.15) is 11.1 Å². The predicted molar refractivity (Wildman–Crippen MR) is 137 cm³/mol. The molecule has 3 N–H and O–H groups in total. The number of carbonyl (C=O) groups is 2. The van der Waals surface area contributed by atoms with Crippen LogP contribution in [0.3, 0.4) is 0 Å². The number of carbonyl (C=O) groups excluding carboxylic acids is 2. The molecule has 1 aromatic heterocycles. The minimum absolute atomic E-state index is 0.0160. The van der Waals surface area contributed by atoms with Crippen molar-refractivity contribution in [3.05, 3.63) is 40.3 Å². The second-order valence-corrected chi connectivity index (χ2v) is 11.0. The summed E-state index contributed by atoms with van der Waals surface area (Å²) in [5.41, 5.74) is 2.32. The van der Waals surface area contributed by atoms with Gasteiger partial charge in [-0.3, -0.25) is 9.59 Å². The van der Waals surface area contributed by atoms with E-state index in [0.717, 1.165) is 33.9 Å². The van der Waals surface area contributed by atoms with Crippen molar-refractivity contribution in [1.82, 2.24) is 10.2 Å². The Balaban J connectivity index is 1.43. The van der Waals surface area contributed by atoms with Crippen LogP contribution in [0.4, 0.5) is 10.7 Å². The molecule has 1 fully saturated rings. The summed E-state index contributed by atoms with van der Waals surface area (Å²) in [6.07, 6.45) is 2.90. The number of para-hydroxylation sites is 1. The molecule has 0 unspecified atom stereocenters. The van der Waals surface area contributed by atoms with Crippen molar-refractivity contribution in [3.63, 3.8) is 0 Å². The first-order valence-electron chi connectivity index (χ1n) is 10.8. The van der Waals surface area contributed by atoms with Gasteiger partial charge in [-0.05, 0) is 56.1 Å². The Bertz CT molecular complexity index is 1140. The topological polar surface area (TPSA) is 97.3 Å². The number of nitriles is 1. The number of nitrogens with one attached hydrogen (secondary N) is 3. The lowest BCUT2D eigenvalue weighted by Crippen LogP contribution is -2.33. The number of amides is 2. The van der Waals surface area contributed by atoms with Crippen LogP contribution in [0.2, 0.25) is 0 Å². The minimum atomic E-state index is -0.391. The average Bonchev–Trinajstić information content (AvgIpc) is 3.52. The van der Waals surface area contributed by atoms with Gasteiger partial charge in [-0.1, -0.05) is 12.1 Å². The zero-order chi connectivity index (χ0) is 23.5.